The number of aromatic amines is 1. The van der Waals surface area contributed by atoms with Gasteiger partial charge in [0.1, 0.15) is 5.69 Å². The molecule has 0 spiro atoms. The average Bonchev–Trinajstić information content (AvgIpc) is 3.13. The zero-order valence-electron chi connectivity index (χ0n) is 10.8. The number of amides is 1. The third-order valence-electron chi connectivity index (χ3n) is 4.32. The van der Waals surface area contributed by atoms with Gasteiger partial charge in [-0.3, -0.25) is 9.89 Å². The third kappa shape index (κ3) is 1.88. The van der Waals surface area contributed by atoms with Gasteiger partial charge in [-0.25, -0.2) is 0 Å². The molecule has 2 aromatic rings. The van der Waals surface area contributed by atoms with E-state index in [2.05, 4.69) is 26.1 Å². The van der Waals surface area contributed by atoms with Crippen LogP contribution in [0.5, 0.6) is 0 Å². The minimum atomic E-state index is 0.0888. The summed E-state index contributed by atoms with van der Waals surface area (Å²) in [6, 6.07) is 10.2. The van der Waals surface area contributed by atoms with Crippen LogP contribution < -0.4 is 0 Å². The molecule has 1 aromatic carbocycles. The largest absolute Gasteiger partial charge is 0.334 e. The number of fused-ring (bicyclic) bond motifs is 1. The predicted octanol–water partition coefficient (Wildman–Crippen LogP) is 3.07. The van der Waals surface area contributed by atoms with Crippen LogP contribution in [0.25, 0.3) is 11.3 Å². The van der Waals surface area contributed by atoms with Crippen LogP contribution in [-0.4, -0.2) is 33.6 Å². The van der Waals surface area contributed by atoms with Gasteiger partial charge in [0.05, 0.1) is 5.69 Å². The topological polar surface area (TPSA) is 49.0 Å². The van der Waals surface area contributed by atoms with Crippen LogP contribution in [0.1, 0.15) is 23.3 Å². The Kier molecular flexibility index (Phi) is 2.70. The molecule has 102 valence electrons. The molecule has 2 bridgehead atoms. The number of benzene rings is 1. The zero-order chi connectivity index (χ0) is 13.7. The third-order valence-corrected chi connectivity index (χ3v) is 4.84. The molecule has 3 fully saturated rings. The highest BCUT2D eigenvalue weighted by molar-refractivity contribution is 9.10. The lowest BCUT2D eigenvalue weighted by Crippen LogP contribution is -2.34. The summed E-state index contributed by atoms with van der Waals surface area (Å²) in [7, 11) is 0. The summed E-state index contributed by atoms with van der Waals surface area (Å²) in [5, 5.41) is 7.14. The Morgan fingerprint density at radius 2 is 2.05 bits per heavy atom. The van der Waals surface area contributed by atoms with Crippen molar-refractivity contribution < 1.29 is 4.79 Å². The Bertz CT molecular complexity index is 658. The number of halogens is 1. The van der Waals surface area contributed by atoms with Crippen LogP contribution in [-0.2, 0) is 0 Å². The molecule has 5 rings (SSSR count). The Balaban J connectivity index is 1.58. The van der Waals surface area contributed by atoms with E-state index in [1.54, 1.807) is 0 Å². The molecule has 1 N–H and O–H groups in total. The van der Waals surface area contributed by atoms with Crippen molar-refractivity contribution in [2.45, 2.75) is 18.9 Å². The molecule has 1 amide bonds. The molecule has 1 aliphatic carbocycles. The first-order valence-corrected chi connectivity index (χ1v) is 7.62. The predicted molar refractivity (Wildman–Crippen MR) is 79.3 cm³/mol. The second-order valence-electron chi connectivity index (χ2n) is 5.62. The Labute approximate surface area is 125 Å². The molecule has 2 saturated heterocycles. The fourth-order valence-corrected chi connectivity index (χ4v) is 3.40. The maximum atomic E-state index is 12.4. The standard InChI is InChI=1S/C15H14BrN3O/c16-11-3-1-10(2-4-11)13-7-14(18-17-13)15(20)19-8-9-5-12(19)6-9/h1-4,7,9,12H,5-6,8H2,(H,17,18). The van der Waals surface area contributed by atoms with E-state index in [1.165, 1.54) is 12.8 Å². The molecule has 3 heterocycles. The minimum absolute atomic E-state index is 0.0888. The van der Waals surface area contributed by atoms with Gasteiger partial charge in [-0.15, -0.1) is 0 Å². The highest BCUT2D eigenvalue weighted by Crippen LogP contribution is 2.41. The maximum absolute atomic E-state index is 12.4. The molecule has 0 radical (unpaired) electrons. The lowest BCUT2D eigenvalue weighted by atomic mass is 9.86. The highest BCUT2D eigenvalue weighted by atomic mass is 79.9. The van der Waals surface area contributed by atoms with Crippen LogP contribution >= 0.6 is 15.9 Å². The van der Waals surface area contributed by atoms with Crippen molar-refractivity contribution in [2.75, 3.05) is 6.54 Å². The van der Waals surface area contributed by atoms with E-state index in [1.807, 2.05) is 35.2 Å². The van der Waals surface area contributed by atoms with Gasteiger partial charge in [-0.05, 0) is 37.0 Å². The normalized spacial score (nSPS) is 23.8. The molecular formula is C15H14BrN3O. The maximum Gasteiger partial charge on any atom is 0.272 e. The number of H-pyrrole nitrogens is 1. The lowest BCUT2D eigenvalue weighted by Gasteiger charge is -2.25. The lowest BCUT2D eigenvalue weighted by molar-refractivity contribution is 0.0745. The second-order valence-corrected chi connectivity index (χ2v) is 6.54. The van der Waals surface area contributed by atoms with Crippen molar-refractivity contribution in [3.05, 3.63) is 40.5 Å². The summed E-state index contributed by atoms with van der Waals surface area (Å²) in [4.78, 5) is 14.4. The highest BCUT2D eigenvalue weighted by Gasteiger charge is 2.45. The van der Waals surface area contributed by atoms with Gasteiger partial charge in [-0.1, -0.05) is 28.1 Å². The van der Waals surface area contributed by atoms with Crippen molar-refractivity contribution in [3.63, 3.8) is 0 Å². The van der Waals surface area contributed by atoms with Crippen molar-refractivity contribution in [1.29, 1.82) is 0 Å². The molecule has 1 aromatic heterocycles. The Hall–Kier alpha value is -1.62. The van der Waals surface area contributed by atoms with Gasteiger partial charge in [0.25, 0.3) is 5.91 Å². The molecule has 1 saturated carbocycles. The fourth-order valence-electron chi connectivity index (χ4n) is 3.13. The van der Waals surface area contributed by atoms with Crippen molar-refractivity contribution in [2.24, 2.45) is 5.92 Å². The van der Waals surface area contributed by atoms with Crippen LogP contribution in [0.3, 0.4) is 0 Å². The number of hydrogen-bond acceptors (Lipinski definition) is 2. The molecule has 0 unspecified atom stereocenters. The van der Waals surface area contributed by atoms with E-state index in [0.29, 0.717) is 11.7 Å². The Morgan fingerprint density at radius 3 is 2.70 bits per heavy atom. The molecule has 2 aliphatic heterocycles. The van der Waals surface area contributed by atoms with Crippen LogP contribution in [0, 0.1) is 5.92 Å². The SMILES string of the molecule is O=C(c1cc(-c2ccc(Br)cc2)n[nH]1)N1CC2CC1C2. The Morgan fingerprint density at radius 1 is 1.30 bits per heavy atom. The summed E-state index contributed by atoms with van der Waals surface area (Å²) in [6.07, 6.45) is 2.36. The van der Waals surface area contributed by atoms with E-state index in [4.69, 9.17) is 0 Å². The molecule has 5 heteroatoms. The van der Waals surface area contributed by atoms with Gasteiger partial charge in [-0.2, -0.15) is 5.10 Å². The van der Waals surface area contributed by atoms with Gasteiger partial charge in [0.15, 0.2) is 0 Å². The number of hydrogen-bond donors (Lipinski definition) is 1. The first-order chi connectivity index (χ1) is 9.70. The van der Waals surface area contributed by atoms with Gasteiger partial charge < -0.3 is 4.90 Å². The number of carbonyl (C=O) groups is 1. The smallest absolute Gasteiger partial charge is 0.272 e. The van der Waals surface area contributed by atoms with Crippen molar-refractivity contribution in [3.8, 4) is 11.3 Å². The zero-order valence-corrected chi connectivity index (χ0v) is 12.4. The monoisotopic (exact) mass is 331 g/mol. The first kappa shape index (κ1) is 12.1. The number of nitrogens with one attached hydrogen (secondary N) is 1. The van der Waals surface area contributed by atoms with Crippen molar-refractivity contribution in [1.82, 2.24) is 15.1 Å². The molecule has 3 aliphatic rings. The second kappa shape index (κ2) is 4.45. The number of nitrogens with zero attached hydrogens (tertiary/aromatic N) is 2. The van der Waals surface area contributed by atoms with E-state index in [0.717, 1.165) is 28.2 Å². The van der Waals surface area contributed by atoms with E-state index in [9.17, 15) is 4.79 Å². The molecule has 0 atom stereocenters. The summed E-state index contributed by atoms with van der Waals surface area (Å²) in [5.74, 6) is 0.823. The summed E-state index contributed by atoms with van der Waals surface area (Å²) in [6.45, 7) is 0.913. The molecule has 20 heavy (non-hydrogen) atoms. The van der Waals surface area contributed by atoms with Gasteiger partial charge >= 0.3 is 0 Å². The van der Waals surface area contributed by atoms with E-state index < -0.39 is 0 Å². The fraction of sp³-hybridized carbons (Fsp3) is 0.333. The van der Waals surface area contributed by atoms with Crippen molar-refractivity contribution >= 4 is 21.8 Å². The van der Waals surface area contributed by atoms with Gasteiger partial charge in [0, 0.05) is 22.6 Å². The molecule has 4 nitrogen and oxygen atoms in total. The molecular weight excluding hydrogens is 318 g/mol. The van der Waals surface area contributed by atoms with E-state index in [-0.39, 0.29) is 5.91 Å². The van der Waals surface area contributed by atoms with Gasteiger partial charge in [0.2, 0.25) is 0 Å². The number of aromatic nitrogens is 2. The number of rotatable bonds is 2. The first-order valence-electron chi connectivity index (χ1n) is 6.83. The number of carbonyl (C=O) groups excluding carboxylic acids is 1. The average molecular weight is 332 g/mol. The summed E-state index contributed by atoms with van der Waals surface area (Å²) < 4.78 is 1.03. The minimum Gasteiger partial charge on any atom is -0.334 e. The van der Waals surface area contributed by atoms with Crippen LogP contribution in [0.15, 0.2) is 34.8 Å². The van der Waals surface area contributed by atoms with Crippen LogP contribution in [0.2, 0.25) is 0 Å². The quantitative estimate of drug-likeness (QED) is 0.919. The van der Waals surface area contributed by atoms with E-state index >= 15 is 0 Å². The summed E-state index contributed by atoms with van der Waals surface area (Å²) in [5.41, 5.74) is 2.41. The summed E-state index contributed by atoms with van der Waals surface area (Å²) >= 11 is 3.41. The van der Waals surface area contributed by atoms with Crippen LogP contribution in [0.4, 0.5) is 0 Å².